The first-order chi connectivity index (χ1) is 14.6. The van der Waals surface area contributed by atoms with E-state index in [1.54, 1.807) is 31.6 Å². The van der Waals surface area contributed by atoms with Crippen LogP contribution in [0.3, 0.4) is 0 Å². The molecule has 2 aromatic carbocycles. The molecule has 0 fully saturated rings. The van der Waals surface area contributed by atoms with Gasteiger partial charge >= 0.3 is 5.97 Å². The lowest BCUT2D eigenvalue weighted by Gasteiger charge is -2.11. The summed E-state index contributed by atoms with van der Waals surface area (Å²) in [6, 6.07) is 13.8. The average Bonchev–Trinajstić information content (AvgIpc) is 2.79. The summed E-state index contributed by atoms with van der Waals surface area (Å²) < 4.78 is 19.3. The number of fused-ring (bicyclic) bond motifs is 1. The number of anilines is 1. The van der Waals surface area contributed by atoms with Crippen LogP contribution < -0.4 is 5.32 Å². The average molecular weight is 402 g/mol. The highest BCUT2D eigenvalue weighted by molar-refractivity contribution is 5.94. The number of hydrogen-bond donors (Lipinski definition) is 1. The molecule has 150 valence electrons. The van der Waals surface area contributed by atoms with E-state index >= 15 is 0 Å². The molecule has 0 atom stereocenters. The summed E-state index contributed by atoms with van der Waals surface area (Å²) in [5.41, 5.74) is 3.28. The van der Waals surface area contributed by atoms with Crippen LogP contribution in [0.1, 0.15) is 5.56 Å². The molecular formula is C23H19FN4O2. The SMILES string of the molecule is CNc1nc(-c2cccnc2)nc2ccc(-c3cc(CC(=O)OC)ccc3F)cc12. The van der Waals surface area contributed by atoms with Gasteiger partial charge in [0, 0.05) is 36.0 Å². The monoisotopic (exact) mass is 402 g/mol. The fourth-order valence-electron chi connectivity index (χ4n) is 3.25. The van der Waals surface area contributed by atoms with Crippen LogP contribution in [0, 0.1) is 5.82 Å². The molecular weight excluding hydrogens is 383 g/mol. The van der Waals surface area contributed by atoms with E-state index in [1.807, 2.05) is 30.3 Å². The largest absolute Gasteiger partial charge is 0.469 e. The summed E-state index contributed by atoms with van der Waals surface area (Å²) in [6.07, 6.45) is 3.48. The van der Waals surface area contributed by atoms with Crippen LogP contribution in [0.25, 0.3) is 33.4 Å². The Bertz CT molecular complexity index is 1230. The van der Waals surface area contributed by atoms with Gasteiger partial charge in [-0.3, -0.25) is 9.78 Å². The Morgan fingerprint density at radius 2 is 1.97 bits per heavy atom. The lowest BCUT2D eigenvalue weighted by Crippen LogP contribution is -2.04. The smallest absolute Gasteiger partial charge is 0.309 e. The van der Waals surface area contributed by atoms with Gasteiger partial charge in [-0.15, -0.1) is 0 Å². The molecule has 0 spiro atoms. The Hall–Kier alpha value is -3.87. The fraction of sp³-hybridized carbons (Fsp3) is 0.130. The molecule has 2 aromatic heterocycles. The van der Waals surface area contributed by atoms with Crippen LogP contribution in [0.15, 0.2) is 60.9 Å². The number of aromatic nitrogens is 3. The second-order valence-corrected chi connectivity index (χ2v) is 6.69. The van der Waals surface area contributed by atoms with Gasteiger partial charge in [0.2, 0.25) is 0 Å². The third kappa shape index (κ3) is 3.82. The molecule has 0 aliphatic rings. The Balaban J connectivity index is 1.81. The van der Waals surface area contributed by atoms with E-state index < -0.39 is 0 Å². The van der Waals surface area contributed by atoms with Crippen molar-refractivity contribution in [2.45, 2.75) is 6.42 Å². The van der Waals surface area contributed by atoms with E-state index in [4.69, 9.17) is 4.74 Å². The Kier molecular flexibility index (Phi) is 5.34. The van der Waals surface area contributed by atoms with E-state index in [1.165, 1.54) is 13.2 Å². The van der Waals surface area contributed by atoms with Gasteiger partial charge in [-0.05, 0) is 47.5 Å². The fourth-order valence-corrected chi connectivity index (χ4v) is 3.25. The van der Waals surface area contributed by atoms with Gasteiger partial charge in [0.05, 0.1) is 19.0 Å². The first kappa shape index (κ1) is 19.4. The number of benzene rings is 2. The zero-order valence-corrected chi connectivity index (χ0v) is 16.5. The van der Waals surface area contributed by atoms with E-state index in [2.05, 4.69) is 20.3 Å². The molecule has 0 aliphatic heterocycles. The quantitative estimate of drug-likeness (QED) is 0.503. The topological polar surface area (TPSA) is 77.0 Å². The van der Waals surface area contributed by atoms with Crippen LogP contribution in [0.4, 0.5) is 10.2 Å². The highest BCUT2D eigenvalue weighted by Crippen LogP contribution is 2.31. The molecule has 0 radical (unpaired) electrons. The summed E-state index contributed by atoms with van der Waals surface area (Å²) in [5, 5.41) is 3.86. The minimum atomic E-state index is -0.375. The zero-order chi connectivity index (χ0) is 21.1. The summed E-state index contributed by atoms with van der Waals surface area (Å²) in [7, 11) is 3.11. The molecule has 0 saturated carbocycles. The highest BCUT2D eigenvalue weighted by atomic mass is 19.1. The minimum absolute atomic E-state index is 0.0801. The van der Waals surface area contributed by atoms with Crippen molar-refractivity contribution in [1.82, 2.24) is 15.0 Å². The molecule has 0 aliphatic carbocycles. The van der Waals surface area contributed by atoms with Gasteiger partial charge in [-0.25, -0.2) is 14.4 Å². The van der Waals surface area contributed by atoms with Crippen molar-refractivity contribution in [1.29, 1.82) is 0 Å². The number of halogens is 1. The molecule has 2 heterocycles. The van der Waals surface area contributed by atoms with Crippen LogP contribution in [-0.2, 0) is 16.0 Å². The Morgan fingerprint density at radius 3 is 2.70 bits per heavy atom. The number of hydrogen-bond acceptors (Lipinski definition) is 6. The number of methoxy groups -OCH3 is 1. The third-order valence-corrected chi connectivity index (χ3v) is 4.77. The number of carbonyl (C=O) groups excluding carboxylic acids is 1. The van der Waals surface area contributed by atoms with E-state index in [9.17, 15) is 9.18 Å². The molecule has 4 aromatic rings. The van der Waals surface area contributed by atoms with Gasteiger partial charge < -0.3 is 10.1 Å². The van der Waals surface area contributed by atoms with Crippen molar-refractivity contribution in [3.63, 3.8) is 0 Å². The van der Waals surface area contributed by atoms with Gasteiger partial charge in [-0.1, -0.05) is 12.1 Å². The normalized spacial score (nSPS) is 10.8. The molecule has 4 rings (SSSR count). The molecule has 30 heavy (non-hydrogen) atoms. The van der Waals surface area contributed by atoms with Gasteiger partial charge in [0.1, 0.15) is 11.6 Å². The van der Waals surface area contributed by atoms with Crippen LogP contribution >= 0.6 is 0 Å². The number of nitrogens with one attached hydrogen (secondary N) is 1. The minimum Gasteiger partial charge on any atom is -0.469 e. The standard InChI is InChI=1S/C23H19FN4O2/c1-25-23-18-12-15(17-10-14(5-7-19(17)24)11-21(29)30-2)6-8-20(18)27-22(28-23)16-4-3-9-26-13-16/h3-10,12-13H,11H2,1-2H3,(H,25,27,28). The number of esters is 1. The van der Waals surface area contributed by atoms with E-state index in [-0.39, 0.29) is 18.2 Å². The number of carbonyl (C=O) groups is 1. The van der Waals surface area contributed by atoms with Crippen molar-refractivity contribution >= 4 is 22.7 Å². The number of ether oxygens (including phenoxy) is 1. The highest BCUT2D eigenvalue weighted by Gasteiger charge is 2.13. The maximum Gasteiger partial charge on any atom is 0.309 e. The Labute approximate surface area is 172 Å². The lowest BCUT2D eigenvalue weighted by molar-refractivity contribution is -0.139. The third-order valence-electron chi connectivity index (χ3n) is 4.77. The zero-order valence-electron chi connectivity index (χ0n) is 16.5. The van der Waals surface area contributed by atoms with Gasteiger partial charge in [0.25, 0.3) is 0 Å². The number of nitrogens with zero attached hydrogens (tertiary/aromatic N) is 3. The maximum atomic E-state index is 14.6. The van der Waals surface area contributed by atoms with Crippen LogP contribution in [0.5, 0.6) is 0 Å². The summed E-state index contributed by atoms with van der Waals surface area (Å²) in [4.78, 5) is 24.9. The van der Waals surface area contributed by atoms with Crippen LogP contribution in [0.2, 0.25) is 0 Å². The second kappa shape index (κ2) is 8.24. The molecule has 0 amide bonds. The predicted molar refractivity (Wildman–Crippen MR) is 113 cm³/mol. The van der Waals surface area contributed by atoms with E-state index in [0.29, 0.717) is 28.3 Å². The summed E-state index contributed by atoms with van der Waals surface area (Å²) in [5.74, 6) is 0.438. The molecule has 0 saturated heterocycles. The van der Waals surface area contributed by atoms with Crippen molar-refractivity contribution in [2.75, 3.05) is 19.5 Å². The van der Waals surface area contributed by atoms with Crippen molar-refractivity contribution in [3.8, 4) is 22.5 Å². The maximum absolute atomic E-state index is 14.6. The molecule has 1 N–H and O–H groups in total. The van der Waals surface area contributed by atoms with Crippen molar-refractivity contribution < 1.29 is 13.9 Å². The van der Waals surface area contributed by atoms with Crippen LogP contribution in [-0.4, -0.2) is 35.1 Å². The van der Waals surface area contributed by atoms with Gasteiger partial charge in [-0.2, -0.15) is 0 Å². The summed E-state index contributed by atoms with van der Waals surface area (Å²) >= 11 is 0. The first-order valence-corrected chi connectivity index (χ1v) is 9.34. The lowest BCUT2D eigenvalue weighted by atomic mass is 9.99. The Morgan fingerprint density at radius 1 is 1.10 bits per heavy atom. The predicted octanol–water partition coefficient (Wildman–Crippen LogP) is 4.26. The molecule has 0 bridgehead atoms. The van der Waals surface area contributed by atoms with Crippen molar-refractivity contribution in [3.05, 3.63) is 72.3 Å². The first-order valence-electron chi connectivity index (χ1n) is 9.34. The van der Waals surface area contributed by atoms with Crippen molar-refractivity contribution in [2.24, 2.45) is 0 Å². The van der Waals surface area contributed by atoms with E-state index in [0.717, 1.165) is 16.5 Å². The summed E-state index contributed by atoms with van der Waals surface area (Å²) in [6.45, 7) is 0. The number of rotatable bonds is 5. The second-order valence-electron chi connectivity index (χ2n) is 6.69. The van der Waals surface area contributed by atoms with Gasteiger partial charge in [0.15, 0.2) is 5.82 Å². The number of pyridine rings is 1. The molecule has 6 nitrogen and oxygen atoms in total. The molecule has 0 unspecified atom stereocenters. The molecule has 7 heteroatoms.